The van der Waals surface area contributed by atoms with Crippen molar-refractivity contribution in [3.8, 4) is 0 Å². The van der Waals surface area contributed by atoms with E-state index < -0.39 is 67.3 Å². The molecule has 79 heavy (non-hydrogen) atoms. The van der Waals surface area contributed by atoms with Crippen LogP contribution in [0.4, 0.5) is 0 Å². The second kappa shape index (κ2) is 53.0. The molecule has 0 spiro atoms. The molecule has 6 atom stereocenters. The Bertz CT molecular complexity index is 1980. The van der Waals surface area contributed by atoms with Crippen LogP contribution in [-0.4, -0.2) is 89.2 Å². The lowest BCUT2D eigenvalue weighted by Crippen LogP contribution is -2.61. The lowest BCUT2D eigenvalue weighted by Gasteiger charge is -2.40. The van der Waals surface area contributed by atoms with Gasteiger partial charge in [-0.3, -0.25) is 14.4 Å². The summed E-state index contributed by atoms with van der Waals surface area (Å²) in [6.45, 7) is 5.54. The number of carbonyl (C=O) groups is 4. The molecule has 1 saturated heterocycles. The van der Waals surface area contributed by atoms with Gasteiger partial charge in [-0.2, -0.15) is 0 Å². The average Bonchev–Trinajstić information content (AvgIpc) is 3.46. The van der Waals surface area contributed by atoms with Gasteiger partial charge in [-0.1, -0.05) is 192 Å². The quantitative estimate of drug-likeness (QED) is 0.0228. The molecule has 3 N–H and O–H groups in total. The number of unbranched alkanes of at least 4 members (excludes halogenated alkanes) is 7. The van der Waals surface area contributed by atoms with Crippen LogP contribution in [0, 0.1) is 0 Å². The fraction of sp³-hybridized carbons (Fsp3) is 0.552. The van der Waals surface area contributed by atoms with Crippen LogP contribution in [0.15, 0.2) is 158 Å². The summed E-state index contributed by atoms with van der Waals surface area (Å²) < 4.78 is 28.3. The molecule has 0 aliphatic carbocycles. The molecule has 0 bridgehead atoms. The summed E-state index contributed by atoms with van der Waals surface area (Å²) in [5.41, 5.74) is 0. The van der Waals surface area contributed by atoms with E-state index in [1.165, 1.54) is 0 Å². The Morgan fingerprint density at radius 2 is 0.772 bits per heavy atom. The molecule has 0 aromatic heterocycles. The number of hydrogen-bond donors (Lipinski definition) is 3. The molecule has 12 nitrogen and oxygen atoms in total. The van der Waals surface area contributed by atoms with Crippen LogP contribution in [-0.2, 0) is 42.9 Å². The highest BCUT2D eigenvalue weighted by Crippen LogP contribution is 2.26. The largest absolute Gasteiger partial charge is 0.479 e. The molecule has 440 valence electrons. The number of allylic oxidation sites excluding steroid dienone is 26. The molecule has 0 radical (unpaired) electrons. The molecule has 1 rings (SSSR count). The number of carbonyl (C=O) groups excluding carboxylic acids is 3. The van der Waals surface area contributed by atoms with Crippen molar-refractivity contribution in [3.63, 3.8) is 0 Å². The molecular weight excluding hydrogens is 997 g/mol. The maximum Gasteiger partial charge on any atom is 0.335 e. The maximum absolute atomic E-state index is 13.2. The lowest BCUT2D eigenvalue weighted by atomic mass is 9.98. The molecule has 0 amide bonds. The lowest BCUT2D eigenvalue weighted by molar-refractivity contribution is -0.301. The van der Waals surface area contributed by atoms with E-state index in [0.717, 1.165) is 116 Å². The normalized spacial score (nSPS) is 19.0. The molecule has 1 aliphatic heterocycles. The van der Waals surface area contributed by atoms with Gasteiger partial charge < -0.3 is 39.0 Å². The molecule has 0 aromatic rings. The van der Waals surface area contributed by atoms with Crippen LogP contribution in [0.3, 0.4) is 0 Å². The third-order valence-electron chi connectivity index (χ3n) is 12.1. The van der Waals surface area contributed by atoms with Gasteiger partial charge in [0, 0.05) is 19.3 Å². The highest BCUT2D eigenvalue weighted by molar-refractivity contribution is 5.74. The van der Waals surface area contributed by atoms with Crippen LogP contribution in [0.25, 0.3) is 0 Å². The molecule has 0 aromatic carbocycles. The molecule has 1 aliphatic rings. The van der Waals surface area contributed by atoms with E-state index in [1.54, 1.807) is 0 Å². The van der Waals surface area contributed by atoms with Crippen molar-refractivity contribution in [2.75, 3.05) is 13.2 Å². The van der Waals surface area contributed by atoms with Crippen LogP contribution in [0.1, 0.15) is 188 Å². The minimum Gasteiger partial charge on any atom is -0.479 e. The zero-order valence-electron chi connectivity index (χ0n) is 48.3. The fourth-order valence-electron chi connectivity index (χ4n) is 7.68. The Labute approximate surface area is 475 Å². The summed E-state index contributed by atoms with van der Waals surface area (Å²) in [6, 6.07) is 0. The molecule has 1 heterocycles. The summed E-state index contributed by atoms with van der Waals surface area (Å²) in [5, 5.41) is 31.5. The predicted molar refractivity (Wildman–Crippen MR) is 321 cm³/mol. The second-order valence-electron chi connectivity index (χ2n) is 19.1. The van der Waals surface area contributed by atoms with E-state index >= 15 is 0 Å². The first-order valence-electron chi connectivity index (χ1n) is 29.5. The van der Waals surface area contributed by atoms with Gasteiger partial charge in [0.25, 0.3) is 0 Å². The smallest absolute Gasteiger partial charge is 0.335 e. The molecule has 6 unspecified atom stereocenters. The van der Waals surface area contributed by atoms with Crippen molar-refractivity contribution >= 4 is 23.9 Å². The standard InChI is InChI=1S/C67H100O12/c1-4-7-10-13-16-19-22-25-28-30-33-35-38-41-44-47-50-53-59(68)75-56-58(77-60(69)54-51-48-45-42-39-37-34-31-29-26-23-20-17-14-11-8-5-2)57-76-67-65(63(72)62(71)64(79-67)66(73)74)78-61(70)55-52-49-46-43-40-36-32-27-24-21-18-15-12-9-6-3/h7-12,16-21,25-29,32-35,37,40-41,43-44,58,62-65,67,71-72H,4-6,13-15,22-24,30-31,36,38-39,42,45-57H2,1-3H3,(H,73,74)/b10-7-,11-8-,12-9-,19-16-,20-17-,21-18-,28-25-,29-26-,32-27-,35-33-,37-34-,43-40-,44-41-. The van der Waals surface area contributed by atoms with Crippen LogP contribution in [0.2, 0.25) is 0 Å². The Kier molecular flexibility index (Phi) is 47.9. The Morgan fingerprint density at radius 1 is 0.418 bits per heavy atom. The van der Waals surface area contributed by atoms with Gasteiger partial charge in [-0.15, -0.1) is 0 Å². The van der Waals surface area contributed by atoms with Gasteiger partial charge in [-0.05, 0) is 135 Å². The first kappa shape index (κ1) is 71.4. The minimum atomic E-state index is -1.94. The topological polar surface area (TPSA) is 175 Å². The number of aliphatic hydroxyl groups is 2. The van der Waals surface area contributed by atoms with E-state index in [-0.39, 0.29) is 25.9 Å². The molecule has 12 heteroatoms. The number of aliphatic carboxylic acids is 1. The van der Waals surface area contributed by atoms with Crippen LogP contribution >= 0.6 is 0 Å². The first-order valence-corrected chi connectivity index (χ1v) is 29.5. The number of hydrogen-bond acceptors (Lipinski definition) is 11. The van der Waals surface area contributed by atoms with Crippen molar-refractivity contribution in [2.24, 2.45) is 0 Å². The van der Waals surface area contributed by atoms with Gasteiger partial charge in [0.2, 0.25) is 0 Å². The van der Waals surface area contributed by atoms with Crippen LogP contribution < -0.4 is 0 Å². The van der Waals surface area contributed by atoms with Crippen molar-refractivity contribution in [3.05, 3.63) is 158 Å². The zero-order valence-corrected chi connectivity index (χ0v) is 48.3. The number of carboxylic acid groups (broad SMARTS) is 1. The van der Waals surface area contributed by atoms with Gasteiger partial charge in [0.05, 0.1) is 6.61 Å². The van der Waals surface area contributed by atoms with E-state index in [0.29, 0.717) is 32.1 Å². The van der Waals surface area contributed by atoms with Gasteiger partial charge >= 0.3 is 23.9 Å². The Hall–Kier alpha value is -5.66. The maximum atomic E-state index is 13.2. The van der Waals surface area contributed by atoms with E-state index in [2.05, 4.69) is 167 Å². The number of rotatable bonds is 47. The van der Waals surface area contributed by atoms with Gasteiger partial charge in [0.1, 0.15) is 18.8 Å². The zero-order chi connectivity index (χ0) is 57.5. The highest BCUT2D eigenvalue weighted by atomic mass is 16.7. The summed E-state index contributed by atoms with van der Waals surface area (Å²) in [5.74, 6) is -3.32. The summed E-state index contributed by atoms with van der Waals surface area (Å²) >= 11 is 0. The van der Waals surface area contributed by atoms with E-state index in [9.17, 15) is 34.5 Å². The Morgan fingerprint density at radius 3 is 1.20 bits per heavy atom. The first-order chi connectivity index (χ1) is 38.6. The SMILES string of the molecule is CC/C=C\C/C=C\C/C=C\C/C=C\C/C=C\CCCC(=O)OCC(COC1OC(C(=O)O)C(O)C(O)C1OC(=O)CCCC/C=C\C/C=C\C/C=C\C/C=C\CC)OC(=O)CCCCCC/C=C\C/C=C\C/C=C\C/C=C\CC. The van der Waals surface area contributed by atoms with Gasteiger partial charge in [-0.25, -0.2) is 4.79 Å². The van der Waals surface area contributed by atoms with Crippen molar-refractivity contribution in [1.29, 1.82) is 0 Å². The summed E-state index contributed by atoms with van der Waals surface area (Å²) in [7, 11) is 0. The number of esters is 3. The summed E-state index contributed by atoms with van der Waals surface area (Å²) in [6.07, 6.45) is 65.0. The molecular formula is C67H100O12. The second-order valence-corrected chi connectivity index (χ2v) is 19.1. The minimum absolute atomic E-state index is 0.0103. The van der Waals surface area contributed by atoms with Gasteiger partial charge in [0.15, 0.2) is 24.6 Å². The third kappa shape index (κ3) is 42.9. The Balaban J connectivity index is 2.79. The average molecular weight is 1100 g/mol. The third-order valence-corrected chi connectivity index (χ3v) is 12.1. The summed E-state index contributed by atoms with van der Waals surface area (Å²) in [4.78, 5) is 51.1. The fourth-order valence-corrected chi connectivity index (χ4v) is 7.68. The highest BCUT2D eigenvalue weighted by Gasteiger charge is 2.50. The molecule has 1 fully saturated rings. The van der Waals surface area contributed by atoms with E-state index in [1.807, 2.05) is 12.2 Å². The van der Waals surface area contributed by atoms with Crippen molar-refractivity contribution in [2.45, 2.75) is 225 Å². The van der Waals surface area contributed by atoms with Crippen molar-refractivity contribution in [1.82, 2.24) is 0 Å². The van der Waals surface area contributed by atoms with Crippen molar-refractivity contribution < 1.29 is 58.2 Å². The number of carboxylic acids is 1. The number of aliphatic hydroxyl groups excluding tert-OH is 2. The monoisotopic (exact) mass is 1100 g/mol. The molecule has 0 saturated carbocycles. The predicted octanol–water partition coefficient (Wildman–Crippen LogP) is 15.3. The van der Waals surface area contributed by atoms with E-state index in [4.69, 9.17) is 23.7 Å². The number of ether oxygens (including phenoxy) is 5. The van der Waals surface area contributed by atoms with Crippen LogP contribution in [0.5, 0.6) is 0 Å².